The van der Waals surface area contributed by atoms with Gasteiger partial charge in [0.1, 0.15) is 0 Å². The Balaban J connectivity index is 1.82. The Morgan fingerprint density at radius 3 is 2.25 bits per heavy atom. The average molecular weight is 263 g/mol. The molecule has 2 rings (SSSR count). The van der Waals surface area contributed by atoms with Crippen LogP contribution in [0.1, 0.15) is 11.1 Å². The van der Waals surface area contributed by atoms with Gasteiger partial charge in [-0.05, 0) is 23.7 Å². The minimum Gasteiger partial charge on any atom is -0.298 e. The minimum absolute atomic E-state index is 0.878. The van der Waals surface area contributed by atoms with Gasteiger partial charge >= 0.3 is 0 Å². The van der Waals surface area contributed by atoms with Crippen molar-refractivity contribution in [2.24, 2.45) is 0 Å². The molecule has 0 unspecified atom stereocenters. The van der Waals surface area contributed by atoms with Crippen LogP contribution in [0.15, 0.2) is 73.3 Å². The molecule has 0 N–H and O–H groups in total. The first-order valence-corrected chi connectivity index (χ1v) is 6.89. The predicted molar refractivity (Wildman–Crippen MR) is 88.4 cm³/mol. The fraction of sp³-hybridized carbons (Fsp3) is 0.158. The molecule has 0 fully saturated rings. The lowest BCUT2D eigenvalue weighted by Gasteiger charge is -2.16. The van der Waals surface area contributed by atoms with Crippen molar-refractivity contribution in [3.63, 3.8) is 0 Å². The van der Waals surface area contributed by atoms with Crippen molar-refractivity contribution in [2.45, 2.75) is 0 Å². The van der Waals surface area contributed by atoms with E-state index in [0.29, 0.717) is 0 Å². The molecule has 1 nitrogen and oxygen atoms in total. The van der Waals surface area contributed by atoms with Gasteiger partial charge in [-0.15, -0.1) is 0 Å². The molecule has 20 heavy (non-hydrogen) atoms. The second-order valence-electron chi connectivity index (χ2n) is 4.98. The predicted octanol–water partition coefficient (Wildman–Crippen LogP) is 4.35. The Morgan fingerprint density at radius 1 is 1.00 bits per heavy atom. The average Bonchev–Trinajstić information content (AvgIpc) is 2.49. The van der Waals surface area contributed by atoms with Gasteiger partial charge in [0.2, 0.25) is 0 Å². The van der Waals surface area contributed by atoms with E-state index >= 15 is 0 Å². The summed E-state index contributed by atoms with van der Waals surface area (Å²) in [5.41, 5.74) is 3.61. The maximum atomic E-state index is 4.17. The summed E-state index contributed by atoms with van der Waals surface area (Å²) in [7, 11) is 2.11. The zero-order valence-corrected chi connectivity index (χ0v) is 12.0. The van der Waals surface area contributed by atoms with E-state index in [1.165, 1.54) is 11.1 Å². The molecule has 0 bridgehead atoms. The van der Waals surface area contributed by atoms with E-state index in [9.17, 15) is 0 Å². The smallest absolute Gasteiger partial charge is 0.0234 e. The van der Waals surface area contributed by atoms with Gasteiger partial charge in [0, 0.05) is 13.1 Å². The molecule has 0 saturated heterocycles. The molecule has 0 saturated carbocycles. The molecule has 0 heterocycles. The SMILES string of the molecule is C=C(CN(C)C/C=C/c1ccccc1)c1ccccc1. The topological polar surface area (TPSA) is 3.24 Å². The molecule has 0 aliphatic carbocycles. The summed E-state index contributed by atoms with van der Waals surface area (Å²) in [5, 5.41) is 0. The Hall–Kier alpha value is -2.12. The van der Waals surface area contributed by atoms with Gasteiger partial charge in [0.25, 0.3) is 0 Å². The second-order valence-corrected chi connectivity index (χ2v) is 4.98. The first kappa shape index (κ1) is 14.3. The highest BCUT2D eigenvalue weighted by molar-refractivity contribution is 5.64. The molecule has 0 aliphatic heterocycles. The van der Waals surface area contributed by atoms with E-state index in [1.54, 1.807) is 0 Å². The maximum Gasteiger partial charge on any atom is 0.0234 e. The van der Waals surface area contributed by atoms with Crippen molar-refractivity contribution in [1.29, 1.82) is 0 Å². The molecule has 0 aliphatic rings. The summed E-state index contributed by atoms with van der Waals surface area (Å²) in [5.74, 6) is 0. The molecule has 2 aromatic carbocycles. The monoisotopic (exact) mass is 263 g/mol. The minimum atomic E-state index is 0.878. The Kier molecular flexibility index (Phi) is 5.33. The lowest BCUT2D eigenvalue weighted by atomic mass is 10.1. The number of likely N-dealkylation sites (N-methyl/N-ethyl adjacent to an activating group) is 1. The summed E-state index contributed by atoms with van der Waals surface area (Å²) < 4.78 is 0. The van der Waals surface area contributed by atoms with Crippen LogP contribution in [0, 0.1) is 0 Å². The third kappa shape index (κ3) is 4.52. The zero-order valence-electron chi connectivity index (χ0n) is 12.0. The number of hydrogen-bond acceptors (Lipinski definition) is 1. The third-order valence-corrected chi connectivity index (χ3v) is 3.17. The first-order valence-electron chi connectivity index (χ1n) is 6.89. The van der Waals surface area contributed by atoms with Crippen molar-refractivity contribution in [2.75, 3.05) is 20.1 Å². The van der Waals surface area contributed by atoms with Crippen LogP contribution in [0.5, 0.6) is 0 Å². The van der Waals surface area contributed by atoms with Crippen LogP contribution in [0.2, 0.25) is 0 Å². The largest absolute Gasteiger partial charge is 0.298 e. The molecule has 2 aromatic rings. The van der Waals surface area contributed by atoms with E-state index in [2.05, 4.69) is 79.2 Å². The van der Waals surface area contributed by atoms with Crippen LogP contribution in [0.3, 0.4) is 0 Å². The molecule has 0 spiro atoms. The highest BCUT2D eigenvalue weighted by Gasteiger charge is 2.01. The van der Waals surface area contributed by atoms with Gasteiger partial charge in [-0.25, -0.2) is 0 Å². The summed E-state index contributed by atoms with van der Waals surface area (Å²) in [6.45, 7) is 5.96. The summed E-state index contributed by atoms with van der Waals surface area (Å²) in [4.78, 5) is 2.26. The summed E-state index contributed by atoms with van der Waals surface area (Å²) in [6.07, 6.45) is 4.34. The quantitative estimate of drug-likeness (QED) is 0.749. The van der Waals surface area contributed by atoms with Crippen molar-refractivity contribution in [1.82, 2.24) is 4.90 Å². The van der Waals surface area contributed by atoms with Crippen LogP contribution in [-0.4, -0.2) is 25.0 Å². The molecule has 1 heteroatoms. The van der Waals surface area contributed by atoms with Crippen LogP contribution in [-0.2, 0) is 0 Å². The van der Waals surface area contributed by atoms with E-state index in [4.69, 9.17) is 0 Å². The van der Waals surface area contributed by atoms with Crippen LogP contribution < -0.4 is 0 Å². The van der Waals surface area contributed by atoms with Gasteiger partial charge in [0.05, 0.1) is 0 Å². The van der Waals surface area contributed by atoms with Gasteiger partial charge in [0.15, 0.2) is 0 Å². The third-order valence-electron chi connectivity index (χ3n) is 3.17. The molecule has 102 valence electrons. The van der Waals surface area contributed by atoms with E-state index in [0.717, 1.165) is 18.7 Å². The number of nitrogens with zero attached hydrogens (tertiary/aromatic N) is 1. The highest BCUT2D eigenvalue weighted by atomic mass is 15.1. The van der Waals surface area contributed by atoms with Gasteiger partial charge in [-0.3, -0.25) is 4.90 Å². The Bertz CT molecular complexity index is 555. The van der Waals surface area contributed by atoms with E-state index in [1.807, 2.05) is 12.1 Å². The molecule has 0 radical (unpaired) electrons. The summed E-state index contributed by atoms with van der Waals surface area (Å²) in [6, 6.07) is 20.7. The number of benzene rings is 2. The van der Waals surface area contributed by atoms with E-state index in [-0.39, 0.29) is 0 Å². The standard InChI is InChI=1S/C19H21N/c1-17(19-13-7-4-8-14-19)16-20(2)15-9-12-18-10-5-3-6-11-18/h3-14H,1,15-16H2,2H3/b12-9+. The molecule has 0 atom stereocenters. The fourth-order valence-corrected chi connectivity index (χ4v) is 2.09. The van der Waals surface area contributed by atoms with Crippen LogP contribution in [0.4, 0.5) is 0 Å². The van der Waals surface area contributed by atoms with Gasteiger partial charge in [-0.2, -0.15) is 0 Å². The fourth-order valence-electron chi connectivity index (χ4n) is 2.09. The number of hydrogen-bond donors (Lipinski definition) is 0. The van der Waals surface area contributed by atoms with Crippen molar-refractivity contribution < 1.29 is 0 Å². The van der Waals surface area contributed by atoms with Gasteiger partial charge in [-0.1, -0.05) is 79.4 Å². The van der Waals surface area contributed by atoms with E-state index < -0.39 is 0 Å². The highest BCUT2D eigenvalue weighted by Crippen LogP contribution is 2.12. The lowest BCUT2D eigenvalue weighted by molar-refractivity contribution is 0.419. The Morgan fingerprint density at radius 2 is 1.60 bits per heavy atom. The van der Waals surface area contributed by atoms with Crippen LogP contribution in [0.25, 0.3) is 11.6 Å². The van der Waals surface area contributed by atoms with Crippen molar-refractivity contribution in [3.8, 4) is 0 Å². The molecular formula is C19H21N. The van der Waals surface area contributed by atoms with Crippen molar-refractivity contribution >= 4 is 11.6 Å². The van der Waals surface area contributed by atoms with Crippen molar-refractivity contribution in [3.05, 3.63) is 84.4 Å². The van der Waals surface area contributed by atoms with Gasteiger partial charge < -0.3 is 0 Å². The second kappa shape index (κ2) is 7.46. The lowest BCUT2D eigenvalue weighted by Crippen LogP contribution is -2.20. The first-order chi connectivity index (χ1) is 9.75. The zero-order chi connectivity index (χ0) is 14.2. The molecule has 0 aromatic heterocycles. The normalized spacial score (nSPS) is 11.1. The molecule has 0 amide bonds. The Labute approximate surface area is 121 Å². The molecular weight excluding hydrogens is 242 g/mol. The summed E-state index contributed by atoms with van der Waals surface area (Å²) >= 11 is 0. The number of rotatable bonds is 6. The maximum absolute atomic E-state index is 4.17. The van der Waals surface area contributed by atoms with Crippen LogP contribution >= 0.6 is 0 Å².